The lowest BCUT2D eigenvalue weighted by molar-refractivity contribution is 0.661. The highest BCUT2D eigenvalue weighted by Crippen LogP contribution is 2.52. The van der Waals surface area contributed by atoms with Crippen molar-refractivity contribution in [3.05, 3.63) is 193 Å². The first-order valence-corrected chi connectivity index (χ1v) is 19.6. The summed E-state index contributed by atoms with van der Waals surface area (Å²) in [4.78, 5) is 0. The predicted molar refractivity (Wildman–Crippen MR) is 238 cm³/mol. The maximum Gasteiger partial charge on any atom is 0.143 e. The van der Waals surface area contributed by atoms with Crippen molar-refractivity contribution in [2.45, 2.75) is 19.3 Å². The first kappa shape index (κ1) is 31.4. The van der Waals surface area contributed by atoms with E-state index in [9.17, 15) is 0 Å². The molecule has 0 saturated carbocycles. The molecule has 0 atom stereocenters. The zero-order valence-corrected chi connectivity index (χ0v) is 31.2. The Hall–Kier alpha value is -6.96. The number of rotatable bonds is 3. The Morgan fingerprint density at radius 3 is 1.48 bits per heavy atom. The Labute approximate surface area is 325 Å². The van der Waals surface area contributed by atoms with Crippen LogP contribution < -0.4 is 0 Å². The zero-order chi connectivity index (χ0) is 37.1. The van der Waals surface area contributed by atoms with Crippen LogP contribution in [-0.4, -0.2) is 0 Å². The quantitative estimate of drug-likeness (QED) is 0.131. The van der Waals surface area contributed by atoms with Gasteiger partial charge in [-0.3, -0.25) is 0 Å². The molecule has 1 heteroatoms. The second-order valence-electron chi connectivity index (χ2n) is 16.0. The van der Waals surface area contributed by atoms with E-state index in [0.29, 0.717) is 0 Å². The molecule has 0 fully saturated rings. The van der Waals surface area contributed by atoms with Gasteiger partial charge in [0.05, 0.1) is 0 Å². The van der Waals surface area contributed by atoms with E-state index >= 15 is 0 Å². The number of benzene rings is 10. The van der Waals surface area contributed by atoms with Crippen molar-refractivity contribution in [3.8, 4) is 44.5 Å². The summed E-state index contributed by atoms with van der Waals surface area (Å²) in [5.74, 6) is 0. The molecule has 0 saturated heterocycles. The second-order valence-corrected chi connectivity index (χ2v) is 16.0. The van der Waals surface area contributed by atoms with Crippen molar-refractivity contribution < 1.29 is 4.42 Å². The van der Waals surface area contributed by atoms with Gasteiger partial charge >= 0.3 is 0 Å². The van der Waals surface area contributed by atoms with E-state index in [2.05, 4.69) is 196 Å². The standard InChI is InChI=1S/C55H36O/c1-55(2)48-31-35(34-25-29-45-47(30-34)37-16-6-7-17-40(37)53-46-22-12-13-23-50(46)56-54(45)53)24-27-38(48)39-28-26-36(32-49(39)55)52-43-20-10-8-18-41(43)51(33-14-4-3-5-15-33)42-19-9-11-21-44(42)52/h3-32H,1-2H3. The van der Waals surface area contributed by atoms with Crippen LogP contribution in [0, 0.1) is 0 Å². The molecule has 1 nitrogen and oxygen atoms in total. The van der Waals surface area contributed by atoms with Crippen LogP contribution in [0.5, 0.6) is 0 Å². The Balaban J connectivity index is 1.01. The minimum atomic E-state index is -0.184. The molecular formula is C55H36O. The van der Waals surface area contributed by atoms with E-state index in [-0.39, 0.29) is 5.41 Å². The van der Waals surface area contributed by atoms with Crippen LogP contribution in [0.15, 0.2) is 186 Å². The van der Waals surface area contributed by atoms with Gasteiger partial charge in [0, 0.05) is 21.6 Å². The minimum absolute atomic E-state index is 0.184. The summed E-state index contributed by atoms with van der Waals surface area (Å²) in [6, 6.07) is 67.1. The van der Waals surface area contributed by atoms with E-state index in [1.165, 1.54) is 104 Å². The molecule has 0 radical (unpaired) electrons. The van der Waals surface area contributed by atoms with Crippen LogP contribution >= 0.6 is 0 Å². The van der Waals surface area contributed by atoms with Gasteiger partial charge in [0.2, 0.25) is 0 Å². The SMILES string of the molecule is CC1(C)c2cc(-c3ccc4c(c3)c3ccccc3c3c5ccccc5oc43)ccc2-c2ccc(-c3c4ccccc4c(-c4ccccc4)c4ccccc34)cc21. The number of hydrogen-bond acceptors (Lipinski definition) is 1. The highest BCUT2D eigenvalue weighted by atomic mass is 16.3. The molecule has 1 heterocycles. The fraction of sp³-hybridized carbons (Fsp3) is 0.0545. The maximum absolute atomic E-state index is 6.56. The lowest BCUT2D eigenvalue weighted by Crippen LogP contribution is -2.15. The molecule has 1 aliphatic rings. The van der Waals surface area contributed by atoms with E-state index in [4.69, 9.17) is 4.42 Å². The van der Waals surface area contributed by atoms with Gasteiger partial charge in [0.25, 0.3) is 0 Å². The molecule has 0 amide bonds. The molecule has 11 aromatic rings. The van der Waals surface area contributed by atoms with E-state index in [1.54, 1.807) is 0 Å². The van der Waals surface area contributed by atoms with Gasteiger partial charge in [-0.25, -0.2) is 0 Å². The van der Waals surface area contributed by atoms with Crippen LogP contribution in [0.4, 0.5) is 0 Å². The highest BCUT2D eigenvalue weighted by molar-refractivity contribution is 6.30. The molecule has 0 bridgehead atoms. The lowest BCUT2D eigenvalue weighted by Gasteiger charge is -2.23. The van der Waals surface area contributed by atoms with Gasteiger partial charge in [0.15, 0.2) is 0 Å². The maximum atomic E-state index is 6.56. The normalized spacial score (nSPS) is 13.3. The largest absolute Gasteiger partial charge is 0.455 e. The van der Waals surface area contributed by atoms with Crippen molar-refractivity contribution in [2.24, 2.45) is 0 Å². The summed E-state index contributed by atoms with van der Waals surface area (Å²) in [6.07, 6.45) is 0. The van der Waals surface area contributed by atoms with Gasteiger partial charge in [-0.05, 0) is 124 Å². The molecule has 1 aromatic heterocycles. The molecule has 56 heavy (non-hydrogen) atoms. The van der Waals surface area contributed by atoms with E-state index in [1.807, 2.05) is 0 Å². The Kier molecular flexibility index (Phi) is 6.46. The third-order valence-corrected chi connectivity index (χ3v) is 12.6. The number of hydrogen-bond donors (Lipinski definition) is 0. The number of furan rings is 1. The van der Waals surface area contributed by atoms with Gasteiger partial charge in [0.1, 0.15) is 11.2 Å². The Morgan fingerprint density at radius 2 is 0.821 bits per heavy atom. The Bertz CT molecular complexity index is 3380. The van der Waals surface area contributed by atoms with Gasteiger partial charge in [-0.2, -0.15) is 0 Å². The van der Waals surface area contributed by atoms with Crippen LogP contribution in [0.2, 0.25) is 0 Å². The van der Waals surface area contributed by atoms with Crippen LogP contribution in [0.3, 0.4) is 0 Å². The molecule has 262 valence electrons. The minimum Gasteiger partial charge on any atom is -0.455 e. The van der Waals surface area contributed by atoms with E-state index < -0.39 is 0 Å². The fourth-order valence-electron chi connectivity index (χ4n) is 10.0. The van der Waals surface area contributed by atoms with E-state index in [0.717, 1.165) is 16.6 Å². The average Bonchev–Trinajstić information content (AvgIpc) is 3.75. The molecule has 0 aliphatic heterocycles. The van der Waals surface area contributed by atoms with Gasteiger partial charge < -0.3 is 4.42 Å². The molecule has 12 rings (SSSR count). The molecule has 1 aliphatic carbocycles. The van der Waals surface area contributed by atoms with Crippen LogP contribution in [0.25, 0.3) is 110 Å². The molecule has 10 aromatic carbocycles. The van der Waals surface area contributed by atoms with Crippen molar-refractivity contribution >= 4 is 65.0 Å². The lowest BCUT2D eigenvalue weighted by atomic mass is 9.80. The number of fused-ring (bicyclic) bond motifs is 13. The van der Waals surface area contributed by atoms with Crippen molar-refractivity contribution in [3.63, 3.8) is 0 Å². The molecule has 0 unspecified atom stereocenters. The van der Waals surface area contributed by atoms with Crippen molar-refractivity contribution in [1.82, 2.24) is 0 Å². The molecule has 0 N–H and O–H groups in total. The summed E-state index contributed by atoms with van der Waals surface area (Å²) >= 11 is 0. The first-order chi connectivity index (χ1) is 27.5. The molecular weight excluding hydrogens is 677 g/mol. The third-order valence-electron chi connectivity index (χ3n) is 12.6. The monoisotopic (exact) mass is 712 g/mol. The van der Waals surface area contributed by atoms with Gasteiger partial charge in [-0.15, -0.1) is 0 Å². The Morgan fingerprint density at radius 1 is 0.339 bits per heavy atom. The van der Waals surface area contributed by atoms with Crippen molar-refractivity contribution in [1.29, 1.82) is 0 Å². The third kappa shape index (κ3) is 4.31. The summed E-state index contributed by atoms with van der Waals surface area (Å²) in [6.45, 7) is 4.79. The zero-order valence-electron chi connectivity index (χ0n) is 31.2. The second kappa shape index (κ2) is 11.5. The van der Waals surface area contributed by atoms with Crippen LogP contribution in [0.1, 0.15) is 25.0 Å². The average molecular weight is 713 g/mol. The first-order valence-electron chi connectivity index (χ1n) is 19.6. The summed E-state index contributed by atoms with van der Waals surface area (Å²) in [7, 11) is 0. The summed E-state index contributed by atoms with van der Waals surface area (Å²) < 4.78 is 6.56. The van der Waals surface area contributed by atoms with Crippen LogP contribution in [-0.2, 0) is 5.41 Å². The molecule has 0 spiro atoms. The fourth-order valence-corrected chi connectivity index (χ4v) is 10.0. The predicted octanol–water partition coefficient (Wildman–Crippen LogP) is 15.5. The smallest absolute Gasteiger partial charge is 0.143 e. The highest BCUT2D eigenvalue weighted by Gasteiger charge is 2.36. The van der Waals surface area contributed by atoms with Gasteiger partial charge in [-0.1, -0.05) is 166 Å². The topological polar surface area (TPSA) is 13.1 Å². The summed E-state index contributed by atoms with van der Waals surface area (Å²) in [5, 5.41) is 12.3. The number of para-hydroxylation sites is 1. The van der Waals surface area contributed by atoms with Crippen molar-refractivity contribution in [2.75, 3.05) is 0 Å². The summed E-state index contributed by atoms with van der Waals surface area (Å²) in [5.41, 5.74) is 14.6.